The first-order valence-electron chi connectivity index (χ1n) is 9.64. The van der Waals surface area contributed by atoms with Gasteiger partial charge in [-0.05, 0) is 37.8 Å². The maximum Gasteiger partial charge on any atom is 0.266 e. The van der Waals surface area contributed by atoms with Gasteiger partial charge in [0.25, 0.3) is 5.91 Å². The second-order valence-electron chi connectivity index (χ2n) is 7.25. The van der Waals surface area contributed by atoms with E-state index in [2.05, 4.69) is 5.32 Å². The van der Waals surface area contributed by atoms with Crippen molar-refractivity contribution < 1.29 is 9.59 Å². The van der Waals surface area contributed by atoms with E-state index in [9.17, 15) is 9.59 Å². The van der Waals surface area contributed by atoms with E-state index in [0.29, 0.717) is 34.7 Å². The van der Waals surface area contributed by atoms with Crippen LogP contribution in [0.15, 0.2) is 29.2 Å². The van der Waals surface area contributed by atoms with Gasteiger partial charge in [0, 0.05) is 19.0 Å². The average molecular weight is 403 g/mol. The average Bonchev–Trinajstić information content (AvgIpc) is 2.92. The minimum absolute atomic E-state index is 0.0572. The first kappa shape index (κ1) is 20.1. The lowest BCUT2D eigenvalue weighted by molar-refractivity contribution is -0.124. The zero-order chi connectivity index (χ0) is 19.2. The molecule has 1 aliphatic heterocycles. The van der Waals surface area contributed by atoms with E-state index in [1.165, 1.54) is 36.6 Å². The molecular weight excluding hydrogens is 376 g/mol. The topological polar surface area (TPSA) is 49.4 Å². The highest BCUT2D eigenvalue weighted by atomic mass is 32.2. The third-order valence-corrected chi connectivity index (χ3v) is 6.38. The summed E-state index contributed by atoms with van der Waals surface area (Å²) >= 11 is 6.70. The lowest BCUT2D eigenvalue weighted by Gasteiger charge is -2.23. The second-order valence-corrected chi connectivity index (χ2v) is 8.93. The van der Waals surface area contributed by atoms with Gasteiger partial charge in [0.05, 0.1) is 4.91 Å². The number of nitrogens with zero attached hydrogens (tertiary/aromatic N) is 1. The Kier molecular flexibility index (Phi) is 7.07. The Hall–Kier alpha value is -1.66. The zero-order valence-corrected chi connectivity index (χ0v) is 17.3. The number of carbonyl (C=O) groups excluding carboxylic acids is 2. The Labute approximate surface area is 170 Å². The fourth-order valence-corrected chi connectivity index (χ4v) is 4.76. The number of nitrogens with one attached hydrogen (secondary N) is 1. The van der Waals surface area contributed by atoms with Crippen molar-refractivity contribution >= 4 is 46.2 Å². The molecule has 2 fully saturated rings. The molecule has 1 N–H and O–H groups in total. The van der Waals surface area contributed by atoms with E-state index < -0.39 is 0 Å². The van der Waals surface area contributed by atoms with Crippen LogP contribution in [0.3, 0.4) is 0 Å². The molecule has 1 saturated heterocycles. The fourth-order valence-electron chi connectivity index (χ4n) is 3.45. The number of hydrogen-bond acceptors (Lipinski definition) is 4. The number of aryl methyl sites for hydroxylation is 1. The molecule has 0 spiro atoms. The summed E-state index contributed by atoms with van der Waals surface area (Å²) in [5, 5.41) is 3.12. The molecule has 1 aliphatic carbocycles. The van der Waals surface area contributed by atoms with E-state index in [1.54, 1.807) is 4.90 Å². The van der Waals surface area contributed by atoms with Crippen LogP contribution in [0, 0.1) is 6.92 Å². The molecule has 4 nitrogen and oxygen atoms in total. The summed E-state index contributed by atoms with van der Waals surface area (Å²) in [4.78, 5) is 27.0. The largest absolute Gasteiger partial charge is 0.353 e. The van der Waals surface area contributed by atoms with Crippen LogP contribution in [-0.2, 0) is 9.59 Å². The predicted octanol–water partition coefficient (Wildman–Crippen LogP) is 4.43. The Morgan fingerprint density at radius 2 is 1.96 bits per heavy atom. The first-order valence-corrected chi connectivity index (χ1v) is 10.9. The molecule has 1 aromatic rings. The minimum Gasteiger partial charge on any atom is -0.353 e. The summed E-state index contributed by atoms with van der Waals surface area (Å²) in [5.41, 5.74) is 2.18. The summed E-state index contributed by atoms with van der Waals surface area (Å²) in [5.74, 6) is 0.0285. The standard InChI is InChI=1S/C21H26N2O2S2/c1-15-9-11-16(12-10-15)14-18-20(25)23(21(26)27-18)13-5-8-19(24)22-17-6-3-2-4-7-17/h9-12,14,17H,2-8,13H2,1H3,(H,22,24). The maximum absolute atomic E-state index is 12.6. The smallest absolute Gasteiger partial charge is 0.266 e. The SMILES string of the molecule is Cc1ccc(C=C2SC(=S)N(CCCC(=O)NC3CCCCC3)C2=O)cc1. The van der Waals surface area contributed by atoms with E-state index in [-0.39, 0.29) is 11.8 Å². The summed E-state index contributed by atoms with van der Waals surface area (Å²) in [7, 11) is 0. The van der Waals surface area contributed by atoms with Crippen molar-refractivity contribution in [1.82, 2.24) is 10.2 Å². The molecule has 27 heavy (non-hydrogen) atoms. The number of thioether (sulfide) groups is 1. The van der Waals surface area contributed by atoms with Crippen molar-refractivity contribution in [3.05, 3.63) is 40.3 Å². The number of carbonyl (C=O) groups is 2. The molecule has 1 heterocycles. The van der Waals surface area contributed by atoms with Crippen molar-refractivity contribution in [1.29, 1.82) is 0 Å². The number of benzene rings is 1. The van der Waals surface area contributed by atoms with Gasteiger partial charge >= 0.3 is 0 Å². The van der Waals surface area contributed by atoms with Gasteiger partial charge in [0.2, 0.25) is 5.91 Å². The molecule has 0 radical (unpaired) electrons. The van der Waals surface area contributed by atoms with Gasteiger partial charge in [-0.1, -0.05) is 73.1 Å². The Balaban J connectivity index is 1.48. The highest BCUT2D eigenvalue weighted by molar-refractivity contribution is 8.26. The third-order valence-electron chi connectivity index (χ3n) is 5.00. The molecule has 1 aromatic carbocycles. The molecule has 144 valence electrons. The molecule has 2 aliphatic rings. The Bertz CT molecular complexity index is 737. The monoisotopic (exact) mass is 402 g/mol. The minimum atomic E-state index is -0.0572. The van der Waals surface area contributed by atoms with Gasteiger partial charge in [-0.2, -0.15) is 0 Å². The number of rotatable bonds is 6. The van der Waals surface area contributed by atoms with Crippen LogP contribution in [0.5, 0.6) is 0 Å². The van der Waals surface area contributed by atoms with Crippen LogP contribution in [0.25, 0.3) is 6.08 Å². The van der Waals surface area contributed by atoms with Gasteiger partial charge in [-0.3, -0.25) is 14.5 Å². The van der Waals surface area contributed by atoms with E-state index in [1.807, 2.05) is 37.3 Å². The third kappa shape index (κ3) is 5.66. The van der Waals surface area contributed by atoms with Crippen molar-refractivity contribution in [2.75, 3.05) is 6.54 Å². The lowest BCUT2D eigenvalue weighted by atomic mass is 9.95. The van der Waals surface area contributed by atoms with Gasteiger partial charge in [0.1, 0.15) is 4.32 Å². The molecule has 6 heteroatoms. The van der Waals surface area contributed by atoms with E-state index >= 15 is 0 Å². The van der Waals surface area contributed by atoms with Crippen LogP contribution in [0.2, 0.25) is 0 Å². The van der Waals surface area contributed by atoms with Gasteiger partial charge in [-0.25, -0.2) is 0 Å². The quantitative estimate of drug-likeness (QED) is 0.565. The molecule has 3 rings (SSSR count). The van der Waals surface area contributed by atoms with Crippen LogP contribution in [-0.4, -0.2) is 33.6 Å². The number of amides is 2. The van der Waals surface area contributed by atoms with Gasteiger partial charge in [-0.15, -0.1) is 0 Å². The summed E-state index contributed by atoms with van der Waals surface area (Å²) in [6.45, 7) is 2.53. The van der Waals surface area contributed by atoms with Crippen LogP contribution in [0.4, 0.5) is 0 Å². The molecule has 0 aromatic heterocycles. The van der Waals surface area contributed by atoms with Crippen molar-refractivity contribution in [2.45, 2.75) is 57.9 Å². The Morgan fingerprint density at radius 3 is 2.67 bits per heavy atom. The fraction of sp³-hybridized carbons (Fsp3) is 0.476. The molecule has 1 saturated carbocycles. The van der Waals surface area contributed by atoms with Crippen LogP contribution in [0.1, 0.15) is 56.1 Å². The normalized spacial score (nSPS) is 19.7. The van der Waals surface area contributed by atoms with E-state index in [4.69, 9.17) is 12.2 Å². The lowest BCUT2D eigenvalue weighted by Crippen LogP contribution is -2.36. The highest BCUT2D eigenvalue weighted by Crippen LogP contribution is 2.32. The highest BCUT2D eigenvalue weighted by Gasteiger charge is 2.31. The van der Waals surface area contributed by atoms with Crippen molar-refractivity contribution in [3.8, 4) is 0 Å². The second kappa shape index (κ2) is 9.51. The summed E-state index contributed by atoms with van der Waals surface area (Å²) in [6, 6.07) is 8.38. The Morgan fingerprint density at radius 1 is 1.26 bits per heavy atom. The van der Waals surface area contributed by atoms with Crippen molar-refractivity contribution in [3.63, 3.8) is 0 Å². The molecule has 2 amide bonds. The summed E-state index contributed by atoms with van der Waals surface area (Å²) in [6.07, 6.45) is 8.80. The molecule has 0 unspecified atom stereocenters. The van der Waals surface area contributed by atoms with Crippen molar-refractivity contribution in [2.24, 2.45) is 0 Å². The van der Waals surface area contributed by atoms with Gasteiger partial charge in [0.15, 0.2) is 0 Å². The van der Waals surface area contributed by atoms with E-state index in [0.717, 1.165) is 18.4 Å². The molecular formula is C21H26N2O2S2. The molecule has 0 bridgehead atoms. The molecule has 0 atom stereocenters. The number of hydrogen-bond donors (Lipinski definition) is 1. The van der Waals surface area contributed by atoms with Gasteiger partial charge < -0.3 is 5.32 Å². The maximum atomic E-state index is 12.6. The van der Waals surface area contributed by atoms with Crippen LogP contribution < -0.4 is 5.32 Å². The number of thiocarbonyl (C=S) groups is 1. The predicted molar refractivity (Wildman–Crippen MR) is 115 cm³/mol. The summed E-state index contributed by atoms with van der Waals surface area (Å²) < 4.78 is 0.575. The zero-order valence-electron chi connectivity index (χ0n) is 15.7. The first-order chi connectivity index (χ1) is 13.0. The van der Waals surface area contributed by atoms with Crippen LogP contribution >= 0.6 is 24.0 Å².